The van der Waals surface area contributed by atoms with Gasteiger partial charge in [-0.1, -0.05) is 37.6 Å². The maximum atomic E-state index is 15.3. The van der Waals surface area contributed by atoms with Crippen LogP contribution >= 0.6 is 0 Å². The third kappa shape index (κ3) is 12.5. The van der Waals surface area contributed by atoms with Crippen molar-refractivity contribution in [3.05, 3.63) is 93.8 Å². The van der Waals surface area contributed by atoms with Crippen LogP contribution in [0.4, 0.5) is 25.4 Å². The van der Waals surface area contributed by atoms with Crippen molar-refractivity contribution in [2.24, 2.45) is 11.7 Å². The Balaban J connectivity index is 1.00. The molecular weight excluding hydrogens is 870 g/mol. The van der Waals surface area contributed by atoms with Crippen molar-refractivity contribution in [2.45, 2.75) is 84.5 Å². The molecule has 1 fully saturated rings. The topological polar surface area (TPSA) is 253 Å². The van der Waals surface area contributed by atoms with E-state index >= 15 is 4.39 Å². The molecule has 4 heterocycles. The van der Waals surface area contributed by atoms with E-state index in [1.165, 1.54) is 32.8 Å². The first-order chi connectivity index (χ1) is 32.2. The Morgan fingerprint density at radius 2 is 1.66 bits per heavy atom. The second-order valence-corrected chi connectivity index (χ2v) is 16.7. The largest absolute Gasteiger partial charge is 0.445 e. The number of aromatic nitrogens is 4. The molecular formula is C46H56FN11O9. The number of aldehydes is 1. The summed E-state index contributed by atoms with van der Waals surface area (Å²) in [6, 6.07) is 7.44. The number of aryl methyl sites for hydroxylation is 1. The van der Waals surface area contributed by atoms with Gasteiger partial charge in [-0.25, -0.2) is 18.7 Å². The molecule has 5 N–H and O–H groups in total. The van der Waals surface area contributed by atoms with Gasteiger partial charge in [0.05, 0.1) is 29.0 Å². The highest BCUT2D eigenvalue weighted by Gasteiger charge is 2.28. The fraction of sp³-hybridized carbons (Fsp3) is 0.435. The van der Waals surface area contributed by atoms with Crippen molar-refractivity contribution in [3.8, 4) is 0 Å². The predicted molar refractivity (Wildman–Crippen MR) is 244 cm³/mol. The number of hydrogen-bond donors (Lipinski definition) is 4. The molecule has 7 amide bonds. The number of rotatable bonds is 21. The number of pyridine rings is 1. The molecule has 0 bridgehead atoms. The van der Waals surface area contributed by atoms with Crippen LogP contribution in [-0.2, 0) is 37.1 Å². The number of urea groups is 1. The molecule has 2 aliphatic heterocycles. The molecule has 2 atom stereocenters. The molecule has 0 saturated carbocycles. The number of anilines is 2. The number of fused-ring (bicyclic) bond motifs is 1. The summed E-state index contributed by atoms with van der Waals surface area (Å²) in [5.41, 5.74) is 7.04. The number of nitrogens with one attached hydrogen (secondary N) is 3. The summed E-state index contributed by atoms with van der Waals surface area (Å²) in [6.45, 7) is 7.80. The quantitative estimate of drug-likeness (QED) is 0.0527. The van der Waals surface area contributed by atoms with Crippen molar-refractivity contribution in [2.75, 3.05) is 49.5 Å². The van der Waals surface area contributed by atoms with Crippen molar-refractivity contribution in [3.63, 3.8) is 0 Å². The van der Waals surface area contributed by atoms with E-state index in [0.717, 1.165) is 6.07 Å². The molecule has 4 aromatic rings. The number of ether oxygens (including phenoxy) is 1. The molecule has 6 rings (SSSR count). The zero-order valence-corrected chi connectivity index (χ0v) is 37.7. The van der Waals surface area contributed by atoms with Crippen LogP contribution in [0.5, 0.6) is 0 Å². The average Bonchev–Trinajstić information content (AvgIpc) is 3.92. The van der Waals surface area contributed by atoms with Crippen molar-refractivity contribution >= 4 is 64.3 Å². The fourth-order valence-corrected chi connectivity index (χ4v) is 7.97. The van der Waals surface area contributed by atoms with Crippen LogP contribution in [0, 0.1) is 11.7 Å². The van der Waals surface area contributed by atoms with Crippen LogP contribution in [0.3, 0.4) is 0 Å². The molecule has 356 valence electrons. The highest BCUT2D eigenvalue weighted by Crippen LogP contribution is 2.27. The van der Waals surface area contributed by atoms with Crippen LogP contribution in [0.15, 0.2) is 65.7 Å². The normalized spacial score (nSPS) is 14.7. The van der Waals surface area contributed by atoms with Gasteiger partial charge in [0.25, 0.3) is 11.8 Å². The molecule has 21 heteroatoms. The Labute approximate surface area is 385 Å². The average molecular weight is 926 g/mol. The van der Waals surface area contributed by atoms with Gasteiger partial charge in [0.1, 0.15) is 24.2 Å². The molecule has 2 unspecified atom stereocenters. The van der Waals surface area contributed by atoms with E-state index in [1.807, 2.05) is 20.8 Å². The number of piperazine rings is 1. The zero-order valence-electron chi connectivity index (χ0n) is 37.7. The van der Waals surface area contributed by atoms with E-state index in [-0.39, 0.29) is 73.7 Å². The van der Waals surface area contributed by atoms with Crippen LogP contribution in [0.2, 0.25) is 0 Å². The lowest BCUT2D eigenvalue weighted by Crippen LogP contribution is -2.49. The lowest BCUT2D eigenvalue weighted by Gasteiger charge is -2.35. The molecule has 0 radical (unpaired) electrons. The first-order valence-electron chi connectivity index (χ1n) is 22.3. The number of unbranched alkanes of at least 4 members (excludes halogenated alkanes) is 2. The molecule has 2 aromatic heterocycles. The summed E-state index contributed by atoms with van der Waals surface area (Å²) in [4.78, 5) is 103. The third-order valence-corrected chi connectivity index (χ3v) is 11.7. The maximum absolute atomic E-state index is 15.3. The van der Waals surface area contributed by atoms with Gasteiger partial charge in [0.2, 0.25) is 11.8 Å². The van der Waals surface area contributed by atoms with Crippen LogP contribution in [0.25, 0.3) is 10.9 Å². The van der Waals surface area contributed by atoms with E-state index in [0.29, 0.717) is 86.3 Å². The van der Waals surface area contributed by atoms with Gasteiger partial charge in [-0.3, -0.25) is 33.7 Å². The summed E-state index contributed by atoms with van der Waals surface area (Å²) in [5.74, 6) is -1.96. The first-order valence-corrected chi connectivity index (χ1v) is 22.3. The van der Waals surface area contributed by atoms with Crippen molar-refractivity contribution in [1.82, 2.24) is 40.0 Å². The minimum absolute atomic E-state index is 0.0416. The number of imide groups is 1. The Kier molecular flexibility index (Phi) is 16.6. The van der Waals surface area contributed by atoms with E-state index in [2.05, 4.69) is 26.3 Å². The fourth-order valence-electron chi connectivity index (χ4n) is 7.97. The molecule has 0 aliphatic carbocycles. The second kappa shape index (κ2) is 22.6. The van der Waals surface area contributed by atoms with Gasteiger partial charge in [0, 0.05) is 81.7 Å². The van der Waals surface area contributed by atoms with Crippen LogP contribution in [-0.4, -0.2) is 111 Å². The lowest BCUT2D eigenvalue weighted by atomic mass is 10.0. The van der Waals surface area contributed by atoms with Gasteiger partial charge in [-0.2, -0.15) is 0 Å². The van der Waals surface area contributed by atoms with E-state index in [1.54, 1.807) is 46.0 Å². The summed E-state index contributed by atoms with van der Waals surface area (Å²) in [7, 11) is 0. The Morgan fingerprint density at radius 3 is 2.31 bits per heavy atom. The minimum atomic E-state index is -0.863. The van der Waals surface area contributed by atoms with E-state index < -0.39 is 41.4 Å². The smallest absolute Gasteiger partial charge is 0.410 e. The predicted octanol–water partition coefficient (Wildman–Crippen LogP) is 3.95. The highest BCUT2D eigenvalue weighted by atomic mass is 19.1. The molecule has 2 aromatic carbocycles. The highest BCUT2D eigenvalue weighted by molar-refractivity contribution is 6.12. The number of nitrogens with two attached hydrogens (primary N) is 1. The number of carbonyl (C=O) groups excluding carboxylic acids is 7. The number of carbonyl (C=O) groups is 7. The second-order valence-electron chi connectivity index (χ2n) is 16.7. The first kappa shape index (κ1) is 49.0. The van der Waals surface area contributed by atoms with Gasteiger partial charge in [0.15, 0.2) is 11.7 Å². The number of hydrogen-bond acceptors (Lipinski definition) is 12. The van der Waals surface area contributed by atoms with Gasteiger partial charge < -0.3 is 40.8 Å². The van der Waals surface area contributed by atoms with Gasteiger partial charge >= 0.3 is 12.1 Å². The molecule has 1 saturated heterocycles. The van der Waals surface area contributed by atoms with Crippen molar-refractivity contribution in [1.29, 1.82) is 0 Å². The summed E-state index contributed by atoms with van der Waals surface area (Å²) in [6.07, 6.45) is 8.12. The summed E-state index contributed by atoms with van der Waals surface area (Å²) >= 11 is 0. The SMILES string of the molecule is CCn1cc(C=O)c(=O)c2cc(F)c(N3CCN(C(=O)OCc4ccc(NC(=O)C(CCCNC(N)=O)n5cc(C(NC(=O)CCCCCN6C(=O)C=CC6=O)C(C)C)nn5)cc4)CC3)cc21. The number of benzene rings is 2. The molecule has 2 aliphatic rings. The molecule has 67 heavy (non-hydrogen) atoms. The van der Waals surface area contributed by atoms with E-state index in [9.17, 15) is 38.4 Å². The summed E-state index contributed by atoms with van der Waals surface area (Å²) in [5, 5.41) is 17.1. The Hall–Kier alpha value is -7.45. The maximum Gasteiger partial charge on any atom is 0.410 e. The Bertz CT molecular complexity index is 2550. The van der Waals surface area contributed by atoms with Crippen LogP contribution in [0.1, 0.15) is 93.0 Å². The number of nitrogens with zero attached hydrogens (tertiary/aromatic N) is 7. The van der Waals surface area contributed by atoms with Gasteiger partial charge in [-0.05, 0) is 68.4 Å². The lowest BCUT2D eigenvalue weighted by molar-refractivity contribution is -0.137. The zero-order chi connectivity index (χ0) is 48.2. The summed E-state index contributed by atoms with van der Waals surface area (Å²) < 4.78 is 24.1. The number of amides is 7. The number of primary amides is 1. The third-order valence-electron chi connectivity index (χ3n) is 11.7. The molecule has 20 nitrogen and oxygen atoms in total. The minimum Gasteiger partial charge on any atom is -0.445 e. The van der Waals surface area contributed by atoms with Crippen molar-refractivity contribution < 1.29 is 42.7 Å². The van der Waals surface area contributed by atoms with Gasteiger partial charge in [-0.15, -0.1) is 5.10 Å². The van der Waals surface area contributed by atoms with Crippen LogP contribution < -0.4 is 32.0 Å². The Morgan fingerprint density at radius 1 is 0.940 bits per heavy atom. The monoisotopic (exact) mass is 925 g/mol. The molecule has 0 spiro atoms. The standard InChI is InChI=1S/C46H56FN11O9/c1-4-54-25-31(27-59)43(63)33-23-34(47)38(24-37(33)54)55-19-21-56(22-20-55)46(66)67-28-30-11-13-32(14-12-30)50-44(64)36(9-8-17-49-45(48)65)58-26-35(52-53-58)42(29(2)3)51-39(60)10-6-5-7-18-57-40(61)15-16-41(57)62/h11-16,23-27,29,36,42H,4-10,17-22,28H2,1-3H3,(H,50,64)(H,51,60)(H3,48,49,65). The number of halogens is 1. The van der Waals surface area contributed by atoms with E-state index in [4.69, 9.17) is 10.5 Å².